The summed E-state index contributed by atoms with van der Waals surface area (Å²) in [4.78, 5) is 0. The van der Waals surface area contributed by atoms with Crippen molar-refractivity contribution in [2.24, 2.45) is 0 Å². The quantitative estimate of drug-likeness (QED) is 0.752. The van der Waals surface area contributed by atoms with Crippen LogP contribution in [-0.4, -0.2) is 26.8 Å². The Labute approximate surface area is 93.9 Å². The summed E-state index contributed by atoms with van der Waals surface area (Å²) < 4.78 is 30.3. The minimum atomic E-state index is -0.825. The molecule has 0 saturated heterocycles. The number of methoxy groups -OCH3 is 1. The first-order chi connectivity index (χ1) is 7.74. The maximum atomic E-state index is 12.8. The van der Waals surface area contributed by atoms with Crippen LogP contribution in [0, 0.1) is 11.6 Å². The van der Waals surface area contributed by atoms with Crippen molar-refractivity contribution >= 4 is 6.08 Å². The van der Waals surface area contributed by atoms with Crippen LogP contribution < -0.4 is 5.32 Å². The van der Waals surface area contributed by atoms with Gasteiger partial charge in [0.15, 0.2) is 11.6 Å². The lowest BCUT2D eigenvalue weighted by Gasteiger charge is -1.99. The third-order valence-electron chi connectivity index (χ3n) is 2.00. The van der Waals surface area contributed by atoms with E-state index in [1.54, 1.807) is 13.2 Å². The van der Waals surface area contributed by atoms with Crippen LogP contribution in [0.15, 0.2) is 24.3 Å². The van der Waals surface area contributed by atoms with Gasteiger partial charge >= 0.3 is 0 Å². The van der Waals surface area contributed by atoms with Gasteiger partial charge in [-0.25, -0.2) is 8.78 Å². The predicted octanol–water partition coefficient (Wildman–Crippen LogP) is 2.21. The van der Waals surface area contributed by atoms with Crippen LogP contribution in [0.2, 0.25) is 0 Å². The van der Waals surface area contributed by atoms with E-state index >= 15 is 0 Å². The fourth-order valence-electron chi connectivity index (χ4n) is 1.17. The van der Waals surface area contributed by atoms with Gasteiger partial charge in [-0.3, -0.25) is 0 Å². The Morgan fingerprint density at radius 1 is 1.31 bits per heavy atom. The Morgan fingerprint density at radius 2 is 2.12 bits per heavy atom. The molecule has 2 nitrogen and oxygen atoms in total. The van der Waals surface area contributed by atoms with E-state index in [0.29, 0.717) is 18.7 Å². The van der Waals surface area contributed by atoms with Crippen molar-refractivity contribution in [1.29, 1.82) is 0 Å². The maximum Gasteiger partial charge on any atom is 0.159 e. The number of ether oxygens (including phenoxy) is 1. The van der Waals surface area contributed by atoms with Crippen LogP contribution in [0.3, 0.4) is 0 Å². The molecule has 0 saturated carbocycles. The molecule has 0 radical (unpaired) electrons. The van der Waals surface area contributed by atoms with E-state index in [2.05, 4.69) is 5.32 Å². The van der Waals surface area contributed by atoms with Crippen molar-refractivity contribution in [3.8, 4) is 0 Å². The lowest BCUT2D eigenvalue weighted by atomic mass is 10.2. The first-order valence-corrected chi connectivity index (χ1v) is 5.05. The summed E-state index contributed by atoms with van der Waals surface area (Å²) in [5.41, 5.74) is 0.646. The monoisotopic (exact) mass is 227 g/mol. The van der Waals surface area contributed by atoms with Crippen molar-refractivity contribution in [2.75, 3.05) is 26.8 Å². The summed E-state index contributed by atoms with van der Waals surface area (Å²) in [5.74, 6) is -1.65. The molecule has 1 N–H and O–H groups in total. The molecule has 16 heavy (non-hydrogen) atoms. The standard InChI is InChI=1S/C12H15F2NO/c1-16-8-7-15-6-2-3-10-4-5-11(13)12(14)9-10/h2-5,9,15H,6-8H2,1H3. The highest BCUT2D eigenvalue weighted by atomic mass is 19.2. The van der Waals surface area contributed by atoms with Crippen molar-refractivity contribution in [1.82, 2.24) is 5.32 Å². The number of halogens is 2. The molecule has 0 aliphatic heterocycles. The second kappa shape index (κ2) is 7.09. The zero-order valence-electron chi connectivity index (χ0n) is 9.17. The molecule has 0 bridgehead atoms. The maximum absolute atomic E-state index is 12.8. The van der Waals surface area contributed by atoms with Crippen molar-refractivity contribution in [2.45, 2.75) is 0 Å². The van der Waals surface area contributed by atoms with Crippen LogP contribution >= 0.6 is 0 Å². The summed E-state index contributed by atoms with van der Waals surface area (Å²) in [6.45, 7) is 2.08. The molecular formula is C12H15F2NO. The number of hydrogen-bond donors (Lipinski definition) is 1. The SMILES string of the molecule is COCCNCC=Cc1ccc(F)c(F)c1. The van der Waals surface area contributed by atoms with Gasteiger partial charge in [0.2, 0.25) is 0 Å². The van der Waals surface area contributed by atoms with Crippen molar-refractivity contribution in [3.05, 3.63) is 41.5 Å². The van der Waals surface area contributed by atoms with E-state index < -0.39 is 11.6 Å². The zero-order valence-corrected chi connectivity index (χ0v) is 9.17. The molecule has 0 aromatic heterocycles. The highest BCUT2D eigenvalue weighted by Gasteiger charge is 1.99. The van der Waals surface area contributed by atoms with Crippen molar-refractivity contribution in [3.63, 3.8) is 0 Å². The average molecular weight is 227 g/mol. The van der Waals surface area contributed by atoms with E-state index in [9.17, 15) is 8.78 Å². The molecule has 0 heterocycles. The summed E-state index contributed by atoms with van der Waals surface area (Å²) in [6.07, 6.45) is 3.59. The lowest BCUT2D eigenvalue weighted by Crippen LogP contribution is -2.18. The summed E-state index contributed by atoms with van der Waals surface area (Å²) in [5, 5.41) is 3.10. The Kier molecular flexibility index (Phi) is 5.67. The Morgan fingerprint density at radius 3 is 2.81 bits per heavy atom. The van der Waals surface area contributed by atoms with Crippen LogP contribution in [0.25, 0.3) is 6.08 Å². The van der Waals surface area contributed by atoms with E-state index in [1.165, 1.54) is 12.1 Å². The molecule has 1 aromatic rings. The van der Waals surface area contributed by atoms with Gasteiger partial charge in [-0.15, -0.1) is 0 Å². The second-order valence-corrected chi connectivity index (χ2v) is 3.27. The average Bonchev–Trinajstić information content (AvgIpc) is 2.28. The highest BCUT2D eigenvalue weighted by molar-refractivity contribution is 5.49. The molecule has 0 fully saturated rings. The fourth-order valence-corrected chi connectivity index (χ4v) is 1.17. The van der Waals surface area contributed by atoms with Gasteiger partial charge in [0.25, 0.3) is 0 Å². The third kappa shape index (κ3) is 4.51. The lowest BCUT2D eigenvalue weighted by molar-refractivity contribution is 0.200. The number of nitrogens with one attached hydrogen (secondary N) is 1. The third-order valence-corrected chi connectivity index (χ3v) is 2.00. The first kappa shape index (κ1) is 12.8. The van der Waals surface area contributed by atoms with Gasteiger partial charge in [-0.05, 0) is 17.7 Å². The van der Waals surface area contributed by atoms with Gasteiger partial charge in [0.05, 0.1) is 6.61 Å². The number of hydrogen-bond acceptors (Lipinski definition) is 2. The number of benzene rings is 1. The second-order valence-electron chi connectivity index (χ2n) is 3.27. The molecule has 1 rings (SSSR count). The summed E-state index contributed by atoms with van der Waals surface area (Å²) in [7, 11) is 1.64. The highest BCUT2D eigenvalue weighted by Crippen LogP contribution is 2.09. The van der Waals surface area contributed by atoms with Gasteiger partial charge in [0.1, 0.15) is 0 Å². The molecule has 0 unspecified atom stereocenters. The molecule has 88 valence electrons. The summed E-state index contributed by atoms with van der Waals surface area (Å²) >= 11 is 0. The minimum Gasteiger partial charge on any atom is -0.383 e. The molecule has 0 aliphatic carbocycles. The normalized spacial score (nSPS) is 11.2. The van der Waals surface area contributed by atoms with Gasteiger partial charge in [-0.1, -0.05) is 18.2 Å². The van der Waals surface area contributed by atoms with Crippen LogP contribution in [0.4, 0.5) is 8.78 Å². The molecule has 0 spiro atoms. The van der Waals surface area contributed by atoms with E-state index in [0.717, 1.165) is 12.6 Å². The number of rotatable bonds is 6. The van der Waals surface area contributed by atoms with E-state index in [4.69, 9.17) is 4.74 Å². The smallest absolute Gasteiger partial charge is 0.159 e. The first-order valence-electron chi connectivity index (χ1n) is 5.05. The van der Waals surface area contributed by atoms with Gasteiger partial charge in [0, 0.05) is 20.2 Å². The predicted molar refractivity (Wildman–Crippen MR) is 60.1 cm³/mol. The van der Waals surface area contributed by atoms with Crippen LogP contribution in [-0.2, 0) is 4.74 Å². The van der Waals surface area contributed by atoms with Crippen molar-refractivity contribution < 1.29 is 13.5 Å². The minimum absolute atomic E-state index is 0.646. The largest absolute Gasteiger partial charge is 0.383 e. The zero-order chi connectivity index (χ0) is 11.8. The molecule has 1 aromatic carbocycles. The topological polar surface area (TPSA) is 21.3 Å². The van der Waals surface area contributed by atoms with E-state index in [1.807, 2.05) is 6.08 Å². The van der Waals surface area contributed by atoms with Gasteiger partial charge < -0.3 is 10.1 Å². The molecule has 0 aliphatic rings. The Balaban J connectivity index is 2.35. The molecular weight excluding hydrogens is 212 g/mol. The Bertz CT molecular complexity index is 353. The van der Waals surface area contributed by atoms with Crippen LogP contribution in [0.1, 0.15) is 5.56 Å². The fraction of sp³-hybridized carbons (Fsp3) is 0.333. The Hall–Kier alpha value is -1.26. The molecule has 0 amide bonds. The summed E-state index contributed by atoms with van der Waals surface area (Å²) in [6, 6.07) is 3.82. The molecule has 0 atom stereocenters. The molecule has 4 heteroatoms. The van der Waals surface area contributed by atoms with Gasteiger partial charge in [-0.2, -0.15) is 0 Å². The van der Waals surface area contributed by atoms with Crippen LogP contribution in [0.5, 0.6) is 0 Å². The van der Waals surface area contributed by atoms with E-state index in [-0.39, 0.29) is 0 Å².